The average Bonchev–Trinajstić information content (AvgIpc) is 2.90. The van der Waals surface area contributed by atoms with Gasteiger partial charge in [-0.05, 0) is 30.7 Å². The van der Waals surface area contributed by atoms with E-state index in [9.17, 15) is 9.90 Å². The van der Waals surface area contributed by atoms with E-state index in [0.29, 0.717) is 12.2 Å². The largest absolute Gasteiger partial charge is 0.508 e. The Hall–Kier alpha value is -1.51. The molecular formula is C33H60O3. The van der Waals surface area contributed by atoms with Crippen molar-refractivity contribution in [3.8, 4) is 5.75 Å². The molecule has 1 aromatic rings. The van der Waals surface area contributed by atoms with Crippen LogP contribution in [0.15, 0.2) is 24.3 Å². The van der Waals surface area contributed by atoms with Gasteiger partial charge in [0.25, 0.3) is 0 Å². The van der Waals surface area contributed by atoms with Crippen molar-refractivity contribution < 1.29 is 14.6 Å². The second-order valence-electron chi connectivity index (χ2n) is 10.4. The molecule has 0 bridgehead atoms. The Labute approximate surface area is 224 Å². The molecule has 0 aliphatic heterocycles. The molecule has 0 aliphatic rings. The van der Waals surface area contributed by atoms with Crippen LogP contribution in [0.5, 0.6) is 5.75 Å². The molecule has 0 saturated carbocycles. The molecule has 36 heavy (non-hydrogen) atoms. The fourth-order valence-electron chi connectivity index (χ4n) is 4.20. The number of phenols is 1. The zero-order chi connectivity index (χ0) is 26.5. The molecule has 0 amide bonds. The van der Waals surface area contributed by atoms with E-state index in [1.807, 2.05) is 0 Å². The van der Waals surface area contributed by atoms with E-state index in [1.54, 1.807) is 12.1 Å². The van der Waals surface area contributed by atoms with Crippen LogP contribution in [-0.4, -0.2) is 17.7 Å². The molecule has 0 aromatic heterocycles. The molecule has 0 atom stereocenters. The van der Waals surface area contributed by atoms with Crippen molar-refractivity contribution in [2.24, 2.45) is 0 Å². The van der Waals surface area contributed by atoms with Crippen LogP contribution in [0.4, 0.5) is 0 Å². The Morgan fingerprint density at radius 1 is 0.528 bits per heavy atom. The van der Waals surface area contributed by atoms with Crippen molar-refractivity contribution in [1.29, 1.82) is 0 Å². The minimum absolute atomic E-state index is 0.163. The number of esters is 1. The summed E-state index contributed by atoms with van der Waals surface area (Å²) in [5.41, 5.74) is 0.496. The first-order valence-corrected chi connectivity index (χ1v) is 15.6. The molecule has 3 nitrogen and oxygen atoms in total. The monoisotopic (exact) mass is 504 g/mol. The van der Waals surface area contributed by atoms with Crippen molar-refractivity contribution in [2.45, 2.75) is 162 Å². The molecule has 1 N–H and O–H groups in total. The third-order valence-corrected chi connectivity index (χ3v) is 6.83. The third-order valence-electron chi connectivity index (χ3n) is 6.83. The van der Waals surface area contributed by atoms with Crippen LogP contribution >= 0.6 is 0 Å². The Balaban J connectivity index is 0.00000283. The summed E-state index contributed by atoms with van der Waals surface area (Å²) in [6, 6.07) is 6.20. The number of ether oxygens (including phenoxy) is 1. The smallest absolute Gasteiger partial charge is 0.338 e. The Kier molecular flexibility index (Phi) is 26.9. The van der Waals surface area contributed by atoms with Gasteiger partial charge in [0.1, 0.15) is 5.75 Å². The average molecular weight is 505 g/mol. The summed E-state index contributed by atoms with van der Waals surface area (Å²) in [5, 5.41) is 9.24. The topological polar surface area (TPSA) is 46.5 Å². The third kappa shape index (κ3) is 24.2. The number of aromatic hydroxyl groups is 1. The predicted molar refractivity (Wildman–Crippen MR) is 157 cm³/mol. The number of phenolic OH excluding ortho intramolecular Hbond substituents is 1. The first kappa shape index (κ1) is 34.5. The molecule has 0 spiro atoms. The van der Waals surface area contributed by atoms with Crippen LogP contribution in [-0.2, 0) is 4.74 Å². The molecule has 0 fully saturated rings. The summed E-state index contributed by atoms with van der Waals surface area (Å²) in [6.07, 6.45) is 29.9. The summed E-state index contributed by atoms with van der Waals surface area (Å²) < 4.78 is 5.28. The van der Waals surface area contributed by atoms with Gasteiger partial charge in [-0.25, -0.2) is 4.79 Å². The van der Waals surface area contributed by atoms with Crippen LogP contribution in [0.25, 0.3) is 0 Å². The van der Waals surface area contributed by atoms with Gasteiger partial charge >= 0.3 is 5.97 Å². The van der Waals surface area contributed by atoms with Crippen LogP contribution in [0.1, 0.15) is 172 Å². The minimum Gasteiger partial charge on any atom is -0.508 e. The fraction of sp³-hybridized carbons (Fsp3) is 0.788. The summed E-state index contributed by atoms with van der Waals surface area (Å²) in [4.78, 5) is 11.9. The first-order chi connectivity index (χ1) is 17.7. The number of hydrogen-bond donors (Lipinski definition) is 1. The van der Waals surface area contributed by atoms with Gasteiger partial charge < -0.3 is 9.84 Å². The highest BCUT2D eigenvalue weighted by molar-refractivity contribution is 5.89. The van der Waals surface area contributed by atoms with Gasteiger partial charge in [-0.1, -0.05) is 156 Å². The molecule has 0 unspecified atom stereocenters. The molecular weight excluding hydrogens is 444 g/mol. The molecule has 3 heteroatoms. The Morgan fingerprint density at radius 2 is 0.861 bits per heavy atom. The molecule has 1 rings (SSSR count). The van der Waals surface area contributed by atoms with E-state index >= 15 is 0 Å². The minimum atomic E-state index is -0.303. The van der Waals surface area contributed by atoms with E-state index in [2.05, 4.69) is 20.8 Å². The summed E-state index contributed by atoms with van der Waals surface area (Å²) in [5.74, 6) is -0.140. The second-order valence-corrected chi connectivity index (χ2v) is 10.4. The zero-order valence-electron chi connectivity index (χ0n) is 24.3. The van der Waals surface area contributed by atoms with E-state index in [0.717, 1.165) is 12.8 Å². The Morgan fingerprint density at radius 3 is 1.19 bits per heavy atom. The van der Waals surface area contributed by atoms with E-state index in [-0.39, 0.29) is 11.7 Å². The highest BCUT2D eigenvalue weighted by Gasteiger charge is 2.06. The first-order valence-electron chi connectivity index (χ1n) is 15.6. The number of benzene rings is 1. The van der Waals surface area contributed by atoms with Crippen LogP contribution in [0.2, 0.25) is 0 Å². The SMILES string of the molecule is CCCC.CCCCCCCCCCCCCCCCCCCCCCOC(=O)c1ccc(O)cc1. The van der Waals surface area contributed by atoms with Gasteiger partial charge in [0.2, 0.25) is 0 Å². The van der Waals surface area contributed by atoms with Gasteiger partial charge in [-0.3, -0.25) is 0 Å². The summed E-state index contributed by atoms with van der Waals surface area (Å²) >= 11 is 0. The standard InChI is InChI=1S/C29H50O3.C4H10/c1-2-3-4-5-6-7-8-9-10-11-12-13-14-15-16-17-18-19-20-21-26-32-29(31)27-22-24-28(30)25-23-27;1-3-4-2/h22-25,30H,2-21,26H2,1H3;3-4H2,1-2H3. The van der Waals surface area contributed by atoms with Gasteiger partial charge in [0.05, 0.1) is 12.2 Å². The van der Waals surface area contributed by atoms with Crippen molar-refractivity contribution in [3.05, 3.63) is 29.8 Å². The highest BCUT2D eigenvalue weighted by atomic mass is 16.5. The molecule has 0 heterocycles. The maximum absolute atomic E-state index is 11.9. The highest BCUT2D eigenvalue weighted by Crippen LogP contribution is 2.15. The van der Waals surface area contributed by atoms with Crippen molar-refractivity contribution in [2.75, 3.05) is 6.61 Å². The van der Waals surface area contributed by atoms with Crippen LogP contribution in [0.3, 0.4) is 0 Å². The quantitative estimate of drug-likeness (QED) is 0.119. The van der Waals surface area contributed by atoms with Crippen molar-refractivity contribution in [1.82, 2.24) is 0 Å². The Bertz CT molecular complexity index is 565. The molecule has 210 valence electrons. The van der Waals surface area contributed by atoms with E-state index in [4.69, 9.17) is 4.74 Å². The number of rotatable bonds is 23. The summed E-state index contributed by atoms with van der Waals surface area (Å²) in [7, 11) is 0. The van der Waals surface area contributed by atoms with Crippen molar-refractivity contribution >= 4 is 5.97 Å². The maximum Gasteiger partial charge on any atom is 0.338 e. The van der Waals surface area contributed by atoms with Crippen LogP contribution in [0, 0.1) is 0 Å². The lowest BCUT2D eigenvalue weighted by Crippen LogP contribution is -2.06. The fourth-order valence-corrected chi connectivity index (χ4v) is 4.20. The summed E-state index contributed by atoms with van der Waals surface area (Å²) in [6.45, 7) is 7.13. The lowest BCUT2D eigenvalue weighted by molar-refractivity contribution is 0.0497. The number of carbonyl (C=O) groups excluding carboxylic acids is 1. The number of hydrogen-bond acceptors (Lipinski definition) is 3. The predicted octanol–water partition coefficient (Wildman–Crippen LogP) is 11.2. The van der Waals surface area contributed by atoms with Gasteiger partial charge in [0, 0.05) is 0 Å². The van der Waals surface area contributed by atoms with Gasteiger partial charge in [-0.15, -0.1) is 0 Å². The van der Waals surface area contributed by atoms with Gasteiger partial charge in [-0.2, -0.15) is 0 Å². The second kappa shape index (κ2) is 28.1. The van der Waals surface area contributed by atoms with Crippen molar-refractivity contribution in [3.63, 3.8) is 0 Å². The van der Waals surface area contributed by atoms with E-state index in [1.165, 1.54) is 141 Å². The zero-order valence-corrected chi connectivity index (χ0v) is 24.3. The lowest BCUT2D eigenvalue weighted by Gasteiger charge is -2.05. The molecule has 0 radical (unpaired) electrons. The lowest BCUT2D eigenvalue weighted by atomic mass is 10.0. The van der Waals surface area contributed by atoms with Crippen LogP contribution < -0.4 is 0 Å². The van der Waals surface area contributed by atoms with E-state index < -0.39 is 0 Å². The maximum atomic E-state index is 11.9. The molecule has 0 aliphatic carbocycles. The molecule has 1 aromatic carbocycles. The number of unbranched alkanes of at least 4 members (excludes halogenated alkanes) is 20. The number of carbonyl (C=O) groups is 1. The normalized spacial score (nSPS) is 10.6. The van der Waals surface area contributed by atoms with Gasteiger partial charge in [0.15, 0.2) is 0 Å². The molecule has 0 saturated heterocycles.